The van der Waals surface area contributed by atoms with E-state index in [0.717, 1.165) is 29.5 Å². The van der Waals surface area contributed by atoms with E-state index in [2.05, 4.69) is 34.2 Å². The fraction of sp³-hybridized carbons (Fsp3) is 0.333. The molecule has 0 aliphatic heterocycles. The van der Waals surface area contributed by atoms with Crippen LogP contribution in [0.15, 0.2) is 47.1 Å². The predicted molar refractivity (Wildman–Crippen MR) is 98.1 cm³/mol. The number of sulfone groups is 1. The molecule has 1 aliphatic rings. The van der Waals surface area contributed by atoms with Crippen molar-refractivity contribution in [3.63, 3.8) is 0 Å². The lowest BCUT2D eigenvalue weighted by Crippen LogP contribution is -2.31. The van der Waals surface area contributed by atoms with E-state index < -0.39 is 9.84 Å². The maximum atomic E-state index is 11.4. The third kappa shape index (κ3) is 4.43. The molecule has 2 N–H and O–H groups in total. The summed E-state index contributed by atoms with van der Waals surface area (Å²) in [6.07, 6.45) is 2.41. The predicted octanol–water partition coefficient (Wildman–Crippen LogP) is 1.44. The summed E-state index contributed by atoms with van der Waals surface area (Å²) in [7, 11) is -3.12. The van der Waals surface area contributed by atoms with E-state index in [9.17, 15) is 13.2 Å². The minimum Gasteiger partial charge on any atom is -0.313 e. The lowest BCUT2D eigenvalue weighted by Gasteiger charge is -2.11. The number of hydrogen-bond acceptors (Lipinski definition) is 5. The fourth-order valence-corrected chi connectivity index (χ4v) is 3.80. The Labute approximate surface area is 146 Å². The highest BCUT2D eigenvalue weighted by molar-refractivity contribution is 7.94. The van der Waals surface area contributed by atoms with Gasteiger partial charge in [-0.1, -0.05) is 18.7 Å². The van der Waals surface area contributed by atoms with Crippen molar-refractivity contribution in [2.24, 2.45) is 0 Å². The number of nitrogens with zero attached hydrogens (tertiary/aromatic N) is 1. The lowest BCUT2D eigenvalue weighted by molar-refractivity contribution is 0.529. The molecular weight excluding hydrogens is 338 g/mol. The minimum atomic E-state index is -3.12. The summed E-state index contributed by atoms with van der Waals surface area (Å²) in [5, 5.41) is 11.0. The van der Waals surface area contributed by atoms with Crippen molar-refractivity contribution in [1.82, 2.24) is 15.5 Å². The van der Waals surface area contributed by atoms with Gasteiger partial charge in [-0.05, 0) is 49.1 Å². The molecule has 7 heteroatoms. The van der Waals surface area contributed by atoms with Gasteiger partial charge in [-0.3, -0.25) is 4.79 Å². The molecule has 0 spiro atoms. The third-order valence-electron chi connectivity index (χ3n) is 4.41. The van der Waals surface area contributed by atoms with E-state index in [1.807, 2.05) is 6.07 Å². The van der Waals surface area contributed by atoms with Crippen molar-refractivity contribution >= 4 is 9.84 Å². The highest BCUT2D eigenvalue weighted by atomic mass is 32.2. The number of hydrogen-bond donors (Lipinski definition) is 2. The average molecular weight is 359 g/mol. The molecule has 1 heterocycles. The van der Waals surface area contributed by atoms with Crippen LogP contribution in [0.3, 0.4) is 0 Å². The first kappa shape index (κ1) is 17.6. The first-order chi connectivity index (χ1) is 12.0. The van der Waals surface area contributed by atoms with Gasteiger partial charge in [0, 0.05) is 23.1 Å². The molecule has 0 saturated heterocycles. The van der Waals surface area contributed by atoms with Crippen LogP contribution in [0.5, 0.6) is 0 Å². The van der Waals surface area contributed by atoms with Crippen LogP contribution in [0, 0.1) is 0 Å². The summed E-state index contributed by atoms with van der Waals surface area (Å²) < 4.78 is 22.8. The Hall–Kier alpha value is -2.25. The molecule has 0 radical (unpaired) electrons. The van der Waals surface area contributed by atoms with Crippen LogP contribution in [0.4, 0.5) is 0 Å². The Kier molecular flexibility index (Phi) is 5.15. The van der Waals surface area contributed by atoms with Gasteiger partial charge in [-0.15, -0.1) is 0 Å². The van der Waals surface area contributed by atoms with Crippen molar-refractivity contribution < 1.29 is 8.42 Å². The maximum Gasteiger partial charge on any atom is 0.264 e. The number of nitrogens with one attached hydrogen (secondary N) is 2. The second-order valence-electron chi connectivity index (χ2n) is 6.24. The molecule has 0 bridgehead atoms. The summed E-state index contributed by atoms with van der Waals surface area (Å²) in [4.78, 5) is 11.1. The van der Waals surface area contributed by atoms with E-state index in [1.165, 1.54) is 17.2 Å². The highest BCUT2D eigenvalue weighted by Crippen LogP contribution is 2.27. The van der Waals surface area contributed by atoms with Crippen molar-refractivity contribution in [2.75, 3.05) is 12.3 Å². The zero-order valence-electron chi connectivity index (χ0n) is 13.9. The molecule has 1 unspecified atom stereocenters. The maximum absolute atomic E-state index is 11.4. The van der Waals surface area contributed by atoms with Gasteiger partial charge in [0.1, 0.15) is 0 Å². The van der Waals surface area contributed by atoms with Gasteiger partial charge < -0.3 is 5.32 Å². The van der Waals surface area contributed by atoms with Crippen LogP contribution in [0.2, 0.25) is 0 Å². The average Bonchev–Trinajstić information content (AvgIpc) is 3.01. The quantitative estimate of drug-likeness (QED) is 0.730. The molecule has 6 nitrogen and oxygen atoms in total. The number of fused-ring (bicyclic) bond motifs is 1. The van der Waals surface area contributed by atoms with E-state index in [1.54, 1.807) is 6.07 Å². The standard InChI is InChI=1S/C18H21N3O3S/c1-2-25(23,24)9-3-8-19-16-11-13-4-5-14(10-15(13)12-16)17-6-7-18(22)21-20-17/h2,4-7,10,16,19H,1,3,8-9,11-12H2,(H,21,22). The second-order valence-corrected chi connectivity index (χ2v) is 8.30. The number of H-pyrrole nitrogens is 1. The van der Waals surface area contributed by atoms with E-state index >= 15 is 0 Å². The molecule has 132 valence electrons. The number of benzene rings is 1. The normalized spacial score (nSPS) is 16.6. The van der Waals surface area contributed by atoms with Crippen LogP contribution >= 0.6 is 0 Å². The second kappa shape index (κ2) is 7.33. The van der Waals surface area contributed by atoms with E-state index in [0.29, 0.717) is 19.0 Å². The highest BCUT2D eigenvalue weighted by Gasteiger charge is 2.21. The molecule has 1 atom stereocenters. The van der Waals surface area contributed by atoms with Gasteiger partial charge in [0.25, 0.3) is 5.56 Å². The van der Waals surface area contributed by atoms with Gasteiger partial charge in [0.15, 0.2) is 9.84 Å². The molecular formula is C18H21N3O3S. The molecule has 0 fully saturated rings. The molecule has 1 aromatic carbocycles. The van der Waals surface area contributed by atoms with Crippen LogP contribution in [0.25, 0.3) is 11.3 Å². The molecule has 0 amide bonds. The fourth-order valence-electron chi connectivity index (χ4n) is 3.09. The summed E-state index contributed by atoms with van der Waals surface area (Å²) in [6, 6.07) is 9.72. The number of aromatic nitrogens is 2. The summed E-state index contributed by atoms with van der Waals surface area (Å²) in [5.74, 6) is 0.130. The molecule has 1 aromatic heterocycles. The van der Waals surface area contributed by atoms with Gasteiger partial charge >= 0.3 is 0 Å². The first-order valence-electron chi connectivity index (χ1n) is 8.23. The van der Waals surface area contributed by atoms with Crippen molar-refractivity contribution in [2.45, 2.75) is 25.3 Å². The topological polar surface area (TPSA) is 91.9 Å². The van der Waals surface area contributed by atoms with Crippen LogP contribution < -0.4 is 10.9 Å². The Bertz CT molecular complexity index is 914. The van der Waals surface area contributed by atoms with Crippen molar-refractivity contribution in [3.8, 4) is 11.3 Å². The van der Waals surface area contributed by atoms with Crippen LogP contribution in [-0.4, -0.2) is 37.0 Å². The summed E-state index contributed by atoms with van der Waals surface area (Å²) in [6.45, 7) is 3.99. The Morgan fingerprint density at radius 2 is 2.04 bits per heavy atom. The number of rotatable bonds is 7. The molecule has 1 aliphatic carbocycles. The van der Waals surface area contributed by atoms with Crippen LogP contribution in [0.1, 0.15) is 17.5 Å². The van der Waals surface area contributed by atoms with Gasteiger partial charge in [-0.25, -0.2) is 13.5 Å². The minimum absolute atomic E-state index is 0.130. The lowest BCUT2D eigenvalue weighted by atomic mass is 10.0. The SMILES string of the molecule is C=CS(=O)(=O)CCCNC1Cc2ccc(-c3ccc(=O)[nH]n3)cc2C1. The Balaban J connectivity index is 1.59. The van der Waals surface area contributed by atoms with Crippen LogP contribution in [-0.2, 0) is 22.7 Å². The van der Waals surface area contributed by atoms with Gasteiger partial charge in [0.05, 0.1) is 11.4 Å². The van der Waals surface area contributed by atoms with Crippen molar-refractivity contribution in [3.05, 3.63) is 63.8 Å². The van der Waals surface area contributed by atoms with Gasteiger partial charge in [0.2, 0.25) is 0 Å². The van der Waals surface area contributed by atoms with E-state index in [4.69, 9.17) is 0 Å². The van der Waals surface area contributed by atoms with E-state index in [-0.39, 0.29) is 11.3 Å². The zero-order chi connectivity index (χ0) is 17.9. The van der Waals surface area contributed by atoms with Crippen molar-refractivity contribution in [1.29, 1.82) is 0 Å². The molecule has 3 rings (SSSR count). The smallest absolute Gasteiger partial charge is 0.264 e. The first-order valence-corrected chi connectivity index (χ1v) is 9.95. The van der Waals surface area contributed by atoms with Gasteiger partial charge in [-0.2, -0.15) is 5.10 Å². The summed E-state index contributed by atoms with van der Waals surface area (Å²) >= 11 is 0. The molecule has 25 heavy (non-hydrogen) atoms. The monoisotopic (exact) mass is 359 g/mol. The summed E-state index contributed by atoms with van der Waals surface area (Å²) in [5.41, 5.74) is 4.07. The zero-order valence-corrected chi connectivity index (χ0v) is 14.7. The molecule has 0 saturated carbocycles. The third-order valence-corrected chi connectivity index (χ3v) is 5.77. The Morgan fingerprint density at radius 1 is 1.24 bits per heavy atom. The number of aromatic amines is 1. The largest absolute Gasteiger partial charge is 0.313 e. The molecule has 2 aromatic rings. The Morgan fingerprint density at radius 3 is 2.76 bits per heavy atom.